The summed E-state index contributed by atoms with van der Waals surface area (Å²) >= 11 is 0. The number of quaternary nitrogens is 1. The number of benzene rings is 1. The van der Waals surface area contributed by atoms with Gasteiger partial charge in [-0.3, -0.25) is 0 Å². The SMILES string of the molecule is CCCCCCCCCCCCC[NH+](C)c1ccccc1. The molecule has 1 rings (SSSR count). The Kier molecular flexibility index (Phi) is 11.2. The number of rotatable bonds is 13. The fraction of sp³-hybridized carbons (Fsp3) is 0.700. The Morgan fingerprint density at radius 2 is 1.14 bits per heavy atom. The van der Waals surface area contributed by atoms with E-state index < -0.39 is 0 Å². The largest absolute Gasteiger partial charge is 0.305 e. The van der Waals surface area contributed by atoms with Crippen molar-refractivity contribution in [3.05, 3.63) is 30.3 Å². The summed E-state index contributed by atoms with van der Waals surface area (Å²) in [6.45, 7) is 3.55. The summed E-state index contributed by atoms with van der Waals surface area (Å²) in [7, 11) is 2.28. The van der Waals surface area contributed by atoms with Crippen LogP contribution in [0, 0.1) is 0 Å². The molecule has 0 heterocycles. The van der Waals surface area contributed by atoms with Crippen LogP contribution in [-0.2, 0) is 0 Å². The van der Waals surface area contributed by atoms with Gasteiger partial charge in [-0.1, -0.05) is 82.9 Å². The number of nitrogens with one attached hydrogen (secondary N) is 1. The first-order valence-corrected chi connectivity index (χ1v) is 9.22. The van der Waals surface area contributed by atoms with Gasteiger partial charge in [0.15, 0.2) is 0 Å². The maximum atomic E-state index is 2.29. The van der Waals surface area contributed by atoms with E-state index in [-0.39, 0.29) is 0 Å². The highest BCUT2D eigenvalue weighted by molar-refractivity contribution is 5.27. The Morgan fingerprint density at radius 1 is 0.667 bits per heavy atom. The molecule has 0 saturated carbocycles. The first-order valence-electron chi connectivity index (χ1n) is 9.22. The van der Waals surface area contributed by atoms with Gasteiger partial charge in [-0.05, 0) is 25.0 Å². The second-order valence-corrected chi connectivity index (χ2v) is 6.43. The standard InChI is InChI=1S/C20H35N/c1-3-4-5-6-7-8-9-10-11-12-16-19-21(2)20-17-14-13-15-18-20/h13-15,17-18H,3-12,16,19H2,1-2H3/p+1. The van der Waals surface area contributed by atoms with E-state index in [0.717, 1.165) is 0 Å². The highest BCUT2D eigenvalue weighted by Gasteiger charge is 2.04. The molecular weight excluding hydrogens is 254 g/mol. The molecule has 1 nitrogen and oxygen atoms in total. The average Bonchev–Trinajstić information content (AvgIpc) is 2.53. The van der Waals surface area contributed by atoms with Crippen LogP contribution in [0.4, 0.5) is 5.69 Å². The Balaban J connectivity index is 1.86. The summed E-state index contributed by atoms with van der Waals surface area (Å²) in [5.74, 6) is 0. The lowest BCUT2D eigenvalue weighted by Crippen LogP contribution is -3.03. The molecule has 1 unspecified atom stereocenters. The lowest BCUT2D eigenvalue weighted by Gasteiger charge is -2.13. The van der Waals surface area contributed by atoms with Gasteiger partial charge in [0.2, 0.25) is 0 Å². The predicted molar refractivity (Wildman–Crippen MR) is 94.3 cm³/mol. The quantitative estimate of drug-likeness (QED) is 0.480. The molecule has 1 aromatic rings. The van der Waals surface area contributed by atoms with E-state index in [0.29, 0.717) is 0 Å². The molecule has 21 heavy (non-hydrogen) atoms. The fourth-order valence-corrected chi connectivity index (χ4v) is 2.92. The lowest BCUT2D eigenvalue weighted by atomic mass is 10.1. The molecule has 120 valence electrons. The van der Waals surface area contributed by atoms with Crippen LogP contribution in [0.15, 0.2) is 30.3 Å². The first kappa shape index (κ1) is 18.2. The second kappa shape index (κ2) is 12.9. The molecule has 1 atom stereocenters. The third kappa shape index (κ3) is 9.68. The molecule has 0 aromatic heterocycles. The van der Waals surface area contributed by atoms with Crippen LogP contribution in [0.3, 0.4) is 0 Å². The third-order valence-corrected chi connectivity index (χ3v) is 4.42. The summed E-state index contributed by atoms with van der Waals surface area (Å²) in [6, 6.07) is 10.8. The first-order chi connectivity index (χ1) is 10.3. The highest BCUT2D eigenvalue weighted by Crippen LogP contribution is 2.11. The van der Waals surface area contributed by atoms with Crippen molar-refractivity contribution in [2.24, 2.45) is 0 Å². The zero-order valence-electron chi connectivity index (χ0n) is 14.4. The zero-order valence-corrected chi connectivity index (χ0v) is 14.4. The molecule has 1 aromatic carbocycles. The molecule has 1 N–H and O–H groups in total. The molecule has 0 fully saturated rings. The smallest absolute Gasteiger partial charge is 0.130 e. The van der Waals surface area contributed by atoms with Crippen molar-refractivity contribution in [2.75, 3.05) is 13.6 Å². The topological polar surface area (TPSA) is 4.44 Å². The van der Waals surface area contributed by atoms with Crippen molar-refractivity contribution in [3.63, 3.8) is 0 Å². The summed E-state index contributed by atoms with van der Waals surface area (Å²) in [6.07, 6.45) is 15.7. The van der Waals surface area contributed by atoms with E-state index in [9.17, 15) is 0 Å². The monoisotopic (exact) mass is 290 g/mol. The maximum Gasteiger partial charge on any atom is 0.130 e. The second-order valence-electron chi connectivity index (χ2n) is 6.43. The van der Waals surface area contributed by atoms with Gasteiger partial charge in [-0.2, -0.15) is 0 Å². The molecule has 0 aliphatic rings. The van der Waals surface area contributed by atoms with E-state index in [1.54, 1.807) is 4.90 Å². The van der Waals surface area contributed by atoms with Gasteiger partial charge in [0, 0.05) is 0 Å². The summed E-state index contributed by atoms with van der Waals surface area (Å²) in [4.78, 5) is 1.55. The molecule has 0 bridgehead atoms. The van der Waals surface area contributed by atoms with Crippen LogP contribution in [0.1, 0.15) is 77.6 Å². The Labute approximate surface area is 132 Å². The molecule has 0 amide bonds. The van der Waals surface area contributed by atoms with E-state index in [2.05, 4.69) is 44.3 Å². The minimum atomic E-state index is 1.26. The summed E-state index contributed by atoms with van der Waals surface area (Å²) in [5, 5.41) is 0. The minimum Gasteiger partial charge on any atom is -0.305 e. The van der Waals surface area contributed by atoms with Gasteiger partial charge in [0.05, 0.1) is 13.6 Å². The molecular formula is C20H36N+. The molecule has 0 aliphatic heterocycles. The number of hydrogen-bond acceptors (Lipinski definition) is 0. The van der Waals surface area contributed by atoms with Crippen molar-refractivity contribution < 1.29 is 4.90 Å². The van der Waals surface area contributed by atoms with E-state index in [4.69, 9.17) is 0 Å². The van der Waals surface area contributed by atoms with Gasteiger partial charge in [-0.15, -0.1) is 0 Å². The molecule has 0 radical (unpaired) electrons. The van der Waals surface area contributed by atoms with Gasteiger partial charge < -0.3 is 4.90 Å². The van der Waals surface area contributed by atoms with Gasteiger partial charge in [-0.25, -0.2) is 0 Å². The van der Waals surface area contributed by atoms with Crippen molar-refractivity contribution in [1.82, 2.24) is 0 Å². The van der Waals surface area contributed by atoms with E-state index in [1.807, 2.05) is 0 Å². The van der Waals surface area contributed by atoms with Crippen LogP contribution < -0.4 is 4.90 Å². The number of unbranched alkanes of at least 4 members (excludes halogenated alkanes) is 10. The molecule has 0 spiro atoms. The van der Waals surface area contributed by atoms with Crippen molar-refractivity contribution in [2.45, 2.75) is 77.6 Å². The Hall–Kier alpha value is -0.820. The van der Waals surface area contributed by atoms with Crippen LogP contribution in [0.25, 0.3) is 0 Å². The van der Waals surface area contributed by atoms with Crippen LogP contribution >= 0.6 is 0 Å². The highest BCUT2D eigenvalue weighted by atomic mass is 15.1. The fourth-order valence-electron chi connectivity index (χ4n) is 2.92. The number of para-hydroxylation sites is 1. The summed E-state index contributed by atoms with van der Waals surface area (Å²) < 4.78 is 0. The Bertz CT molecular complexity index is 320. The maximum absolute atomic E-state index is 2.29. The van der Waals surface area contributed by atoms with E-state index >= 15 is 0 Å². The lowest BCUT2D eigenvalue weighted by molar-refractivity contribution is -0.810. The van der Waals surface area contributed by atoms with Crippen molar-refractivity contribution in [1.29, 1.82) is 0 Å². The van der Waals surface area contributed by atoms with Crippen molar-refractivity contribution in [3.8, 4) is 0 Å². The van der Waals surface area contributed by atoms with Gasteiger partial charge >= 0.3 is 0 Å². The minimum absolute atomic E-state index is 1.26. The van der Waals surface area contributed by atoms with Crippen LogP contribution in [0.5, 0.6) is 0 Å². The molecule has 0 saturated heterocycles. The predicted octanol–water partition coefficient (Wildman–Crippen LogP) is 5.14. The molecule has 0 aliphatic carbocycles. The Morgan fingerprint density at radius 3 is 1.67 bits per heavy atom. The molecule has 1 heteroatoms. The average molecular weight is 291 g/mol. The summed E-state index contributed by atoms with van der Waals surface area (Å²) in [5.41, 5.74) is 1.42. The normalized spacial score (nSPS) is 12.5. The van der Waals surface area contributed by atoms with Crippen LogP contribution in [-0.4, -0.2) is 13.6 Å². The number of hydrogen-bond donors (Lipinski definition) is 1. The van der Waals surface area contributed by atoms with Gasteiger partial charge in [0.1, 0.15) is 5.69 Å². The van der Waals surface area contributed by atoms with Crippen LogP contribution in [0.2, 0.25) is 0 Å². The van der Waals surface area contributed by atoms with E-state index in [1.165, 1.54) is 82.9 Å². The third-order valence-electron chi connectivity index (χ3n) is 4.42. The zero-order chi connectivity index (χ0) is 15.2. The van der Waals surface area contributed by atoms with Gasteiger partial charge in [0.25, 0.3) is 0 Å². The van der Waals surface area contributed by atoms with Crippen molar-refractivity contribution >= 4 is 5.69 Å².